The summed E-state index contributed by atoms with van der Waals surface area (Å²) in [4.78, 5) is 11.7. The highest BCUT2D eigenvalue weighted by atomic mass is 16.2. The molecule has 0 bridgehead atoms. The number of amides is 1. The van der Waals surface area contributed by atoms with Crippen LogP contribution in [0.2, 0.25) is 0 Å². The summed E-state index contributed by atoms with van der Waals surface area (Å²) in [6.07, 6.45) is 9.02. The summed E-state index contributed by atoms with van der Waals surface area (Å²) in [5.41, 5.74) is 5.81. The average Bonchev–Trinajstić information content (AvgIpc) is 2.27. The van der Waals surface area contributed by atoms with Gasteiger partial charge in [-0.1, -0.05) is 39.0 Å². The van der Waals surface area contributed by atoms with Gasteiger partial charge < -0.3 is 11.1 Å². The van der Waals surface area contributed by atoms with Crippen LogP contribution in [-0.4, -0.2) is 18.0 Å². The third-order valence-corrected chi connectivity index (χ3v) is 3.16. The fraction of sp³-hybridized carbons (Fsp3) is 0.917. The van der Waals surface area contributed by atoms with Gasteiger partial charge in [0.25, 0.3) is 0 Å². The molecule has 0 aromatic carbocycles. The van der Waals surface area contributed by atoms with Crippen LogP contribution in [-0.2, 0) is 4.79 Å². The van der Waals surface area contributed by atoms with Crippen molar-refractivity contribution in [3.63, 3.8) is 0 Å². The maximum absolute atomic E-state index is 11.7. The van der Waals surface area contributed by atoms with Crippen molar-refractivity contribution in [2.45, 2.75) is 70.4 Å². The molecule has 1 aliphatic rings. The number of hydrogen-bond acceptors (Lipinski definition) is 2. The van der Waals surface area contributed by atoms with Gasteiger partial charge in [-0.3, -0.25) is 4.79 Å². The molecule has 0 saturated heterocycles. The molecule has 0 aliphatic heterocycles. The van der Waals surface area contributed by atoms with Crippen LogP contribution >= 0.6 is 0 Å². The van der Waals surface area contributed by atoms with Crippen molar-refractivity contribution in [3.8, 4) is 0 Å². The second-order valence-corrected chi connectivity index (χ2v) is 4.59. The van der Waals surface area contributed by atoms with Gasteiger partial charge >= 0.3 is 0 Å². The molecule has 0 spiro atoms. The zero-order valence-electron chi connectivity index (χ0n) is 9.80. The van der Waals surface area contributed by atoms with Gasteiger partial charge in [-0.05, 0) is 19.3 Å². The highest BCUT2D eigenvalue weighted by molar-refractivity contribution is 5.81. The number of unbranched alkanes of at least 4 members (excludes halogenated alkanes) is 1. The first-order valence-electron chi connectivity index (χ1n) is 6.30. The van der Waals surface area contributed by atoms with Crippen molar-refractivity contribution in [1.82, 2.24) is 5.32 Å². The SMILES string of the molecule is CCCC[C@H](N)C(=O)NC1CCCCC1. The molecule has 0 aromatic heterocycles. The predicted octanol–water partition coefficient (Wildman–Crippen LogP) is 1.95. The minimum atomic E-state index is -0.299. The summed E-state index contributed by atoms with van der Waals surface area (Å²) in [5, 5.41) is 3.06. The molecule has 1 atom stereocenters. The molecule has 3 nitrogen and oxygen atoms in total. The van der Waals surface area contributed by atoms with Crippen LogP contribution in [0.1, 0.15) is 58.3 Å². The van der Waals surface area contributed by atoms with Crippen molar-refractivity contribution in [2.24, 2.45) is 5.73 Å². The van der Waals surface area contributed by atoms with E-state index in [4.69, 9.17) is 5.73 Å². The number of nitrogens with one attached hydrogen (secondary N) is 1. The van der Waals surface area contributed by atoms with Crippen molar-refractivity contribution < 1.29 is 4.79 Å². The lowest BCUT2D eigenvalue weighted by atomic mass is 9.95. The Morgan fingerprint density at radius 2 is 2.07 bits per heavy atom. The van der Waals surface area contributed by atoms with E-state index in [1.807, 2.05) is 0 Å². The van der Waals surface area contributed by atoms with E-state index in [0.29, 0.717) is 6.04 Å². The Morgan fingerprint density at radius 1 is 1.40 bits per heavy atom. The lowest BCUT2D eigenvalue weighted by Crippen LogP contribution is -2.45. The molecule has 1 aliphatic carbocycles. The molecule has 1 saturated carbocycles. The Balaban J connectivity index is 2.20. The summed E-state index contributed by atoms with van der Waals surface area (Å²) >= 11 is 0. The van der Waals surface area contributed by atoms with Gasteiger partial charge in [-0.2, -0.15) is 0 Å². The minimum Gasteiger partial charge on any atom is -0.352 e. The van der Waals surface area contributed by atoms with Gasteiger partial charge in [0.1, 0.15) is 0 Å². The zero-order valence-corrected chi connectivity index (χ0v) is 9.80. The molecule has 0 heterocycles. The normalized spacial score (nSPS) is 19.9. The standard InChI is InChI=1S/C12H24N2O/c1-2-3-9-11(13)12(15)14-10-7-5-4-6-8-10/h10-11H,2-9,13H2,1H3,(H,14,15)/t11-/m0/s1. The number of carbonyl (C=O) groups is 1. The summed E-state index contributed by atoms with van der Waals surface area (Å²) in [5.74, 6) is 0.0513. The molecule has 88 valence electrons. The topological polar surface area (TPSA) is 55.1 Å². The highest BCUT2D eigenvalue weighted by Gasteiger charge is 2.19. The number of hydrogen-bond donors (Lipinski definition) is 2. The van der Waals surface area contributed by atoms with Crippen LogP contribution in [0.5, 0.6) is 0 Å². The molecule has 0 unspecified atom stereocenters. The van der Waals surface area contributed by atoms with Crippen LogP contribution < -0.4 is 11.1 Å². The molecule has 3 N–H and O–H groups in total. The molecule has 15 heavy (non-hydrogen) atoms. The Labute approximate surface area is 92.8 Å². The van der Waals surface area contributed by atoms with Gasteiger partial charge in [-0.15, -0.1) is 0 Å². The van der Waals surface area contributed by atoms with Gasteiger partial charge in [0, 0.05) is 6.04 Å². The largest absolute Gasteiger partial charge is 0.352 e. The van der Waals surface area contributed by atoms with E-state index in [1.165, 1.54) is 19.3 Å². The second-order valence-electron chi connectivity index (χ2n) is 4.59. The first-order valence-corrected chi connectivity index (χ1v) is 6.30. The third kappa shape index (κ3) is 4.65. The van der Waals surface area contributed by atoms with E-state index >= 15 is 0 Å². The van der Waals surface area contributed by atoms with Gasteiger partial charge in [0.05, 0.1) is 6.04 Å². The molecule has 0 radical (unpaired) electrons. The molecular weight excluding hydrogens is 188 g/mol. The second kappa shape index (κ2) is 6.83. The lowest BCUT2D eigenvalue weighted by molar-refractivity contribution is -0.123. The first kappa shape index (κ1) is 12.5. The van der Waals surface area contributed by atoms with Crippen molar-refractivity contribution in [2.75, 3.05) is 0 Å². The smallest absolute Gasteiger partial charge is 0.237 e. The summed E-state index contributed by atoms with van der Waals surface area (Å²) in [7, 11) is 0. The first-order chi connectivity index (χ1) is 7.24. The molecular formula is C12H24N2O. The molecule has 1 fully saturated rings. The minimum absolute atomic E-state index is 0.0513. The van der Waals surface area contributed by atoms with E-state index < -0.39 is 0 Å². The average molecular weight is 212 g/mol. The van der Waals surface area contributed by atoms with E-state index in [9.17, 15) is 4.79 Å². The monoisotopic (exact) mass is 212 g/mol. The van der Waals surface area contributed by atoms with Crippen molar-refractivity contribution in [1.29, 1.82) is 0 Å². The Morgan fingerprint density at radius 3 is 2.67 bits per heavy atom. The maximum atomic E-state index is 11.7. The van der Waals surface area contributed by atoms with E-state index in [0.717, 1.165) is 32.1 Å². The van der Waals surface area contributed by atoms with Crippen LogP contribution in [0.3, 0.4) is 0 Å². The number of carbonyl (C=O) groups excluding carboxylic acids is 1. The zero-order chi connectivity index (χ0) is 11.1. The summed E-state index contributed by atoms with van der Waals surface area (Å²) < 4.78 is 0. The number of nitrogens with two attached hydrogens (primary N) is 1. The molecule has 1 amide bonds. The van der Waals surface area contributed by atoms with Gasteiger partial charge in [0.2, 0.25) is 5.91 Å². The fourth-order valence-corrected chi connectivity index (χ4v) is 2.11. The van der Waals surface area contributed by atoms with Crippen molar-refractivity contribution in [3.05, 3.63) is 0 Å². The molecule has 0 aromatic rings. The van der Waals surface area contributed by atoms with E-state index in [1.54, 1.807) is 0 Å². The van der Waals surface area contributed by atoms with Gasteiger partial charge in [0.15, 0.2) is 0 Å². The van der Waals surface area contributed by atoms with E-state index in [2.05, 4.69) is 12.2 Å². The van der Waals surface area contributed by atoms with Crippen molar-refractivity contribution >= 4 is 5.91 Å². The quantitative estimate of drug-likeness (QED) is 0.732. The Bertz CT molecular complexity index is 188. The molecule has 1 rings (SSSR count). The summed E-state index contributed by atoms with van der Waals surface area (Å²) in [6, 6.07) is 0.0887. The van der Waals surface area contributed by atoms with Crippen LogP contribution in [0.25, 0.3) is 0 Å². The van der Waals surface area contributed by atoms with Crippen LogP contribution in [0.4, 0.5) is 0 Å². The Hall–Kier alpha value is -0.570. The highest BCUT2D eigenvalue weighted by Crippen LogP contribution is 2.17. The Kier molecular flexibility index (Phi) is 5.69. The summed E-state index contributed by atoms with van der Waals surface area (Å²) in [6.45, 7) is 2.12. The third-order valence-electron chi connectivity index (χ3n) is 3.16. The van der Waals surface area contributed by atoms with Gasteiger partial charge in [-0.25, -0.2) is 0 Å². The molecule has 3 heteroatoms. The van der Waals surface area contributed by atoms with Crippen LogP contribution in [0.15, 0.2) is 0 Å². The number of rotatable bonds is 5. The van der Waals surface area contributed by atoms with Crippen LogP contribution in [0, 0.1) is 0 Å². The fourth-order valence-electron chi connectivity index (χ4n) is 2.11. The maximum Gasteiger partial charge on any atom is 0.237 e. The predicted molar refractivity (Wildman–Crippen MR) is 62.5 cm³/mol. The lowest BCUT2D eigenvalue weighted by Gasteiger charge is -2.24. The van der Waals surface area contributed by atoms with E-state index in [-0.39, 0.29) is 11.9 Å².